The van der Waals surface area contributed by atoms with Crippen LogP contribution < -0.4 is 4.74 Å². The van der Waals surface area contributed by atoms with E-state index in [-0.39, 0.29) is 0 Å². The van der Waals surface area contributed by atoms with Crippen molar-refractivity contribution in [3.63, 3.8) is 0 Å². The van der Waals surface area contributed by atoms with Gasteiger partial charge in [0.15, 0.2) is 5.75 Å². The van der Waals surface area contributed by atoms with Gasteiger partial charge in [0.05, 0.1) is 26.2 Å². The minimum absolute atomic E-state index is 0.910. The zero-order valence-corrected chi connectivity index (χ0v) is 25.0. The summed E-state index contributed by atoms with van der Waals surface area (Å²) < 4.78 is 9.07. The smallest absolute Gasteiger partial charge is 0.151 e. The Labute approximate surface area is 264 Å². The second kappa shape index (κ2) is 9.49. The molecule has 0 atom stereocenters. The number of hydrogen-bond donors (Lipinski definition) is 0. The van der Waals surface area contributed by atoms with Crippen LogP contribution in [0.1, 0.15) is 0 Å². The average molecular weight is 592 g/mol. The van der Waals surface area contributed by atoms with Gasteiger partial charge in [-0.2, -0.15) is 0 Å². The van der Waals surface area contributed by atoms with Crippen LogP contribution >= 0.6 is 11.8 Å². The van der Waals surface area contributed by atoms with Crippen molar-refractivity contribution < 1.29 is 4.74 Å². The fourth-order valence-corrected chi connectivity index (χ4v) is 8.18. The molecule has 0 fully saturated rings. The van der Waals surface area contributed by atoms with E-state index >= 15 is 0 Å². The second-order valence-corrected chi connectivity index (χ2v) is 12.8. The maximum absolute atomic E-state index is 6.71. The molecule has 9 aromatic rings. The molecule has 1 aliphatic heterocycles. The van der Waals surface area contributed by atoms with Crippen molar-refractivity contribution >= 4 is 65.9 Å². The number of ether oxygens (including phenoxy) is 1. The Bertz CT molecular complexity index is 2620. The van der Waals surface area contributed by atoms with E-state index in [1.54, 1.807) is 11.8 Å². The van der Waals surface area contributed by atoms with Gasteiger partial charge in [0.25, 0.3) is 0 Å². The Balaban J connectivity index is 1.25. The third kappa shape index (κ3) is 3.65. The first kappa shape index (κ1) is 24.9. The van der Waals surface area contributed by atoms with Crippen LogP contribution in [0.15, 0.2) is 161 Å². The molecule has 210 valence electrons. The number of para-hydroxylation sites is 2. The molecule has 1 aliphatic rings. The van der Waals surface area contributed by atoms with E-state index in [1.165, 1.54) is 48.8 Å². The van der Waals surface area contributed by atoms with Crippen molar-refractivity contribution in [1.82, 2.24) is 4.57 Å². The SMILES string of the molecule is c1ccc(-n2c3ccc(-c4ccc5c6ccccc6c6ccccc6c5c4)cc3c3c4c(ccc32)Sc2ccccc2O4)cc1. The van der Waals surface area contributed by atoms with Crippen molar-refractivity contribution in [3.8, 4) is 28.3 Å². The Morgan fingerprint density at radius 1 is 0.422 bits per heavy atom. The van der Waals surface area contributed by atoms with E-state index in [0.717, 1.165) is 43.4 Å². The summed E-state index contributed by atoms with van der Waals surface area (Å²) in [6.07, 6.45) is 0. The van der Waals surface area contributed by atoms with Crippen LogP contribution in [-0.4, -0.2) is 4.57 Å². The normalized spacial score (nSPS) is 12.5. The third-order valence-corrected chi connectivity index (χ3v) is 10.3. The average Bonchev–Trinajstić information content (AvgIpc) is 3.45. The highest BCUT2D eigenvalue weighted by Gasteiger charge is 2.24. The highest BCUT2D eigenvalue weighted by Crippen LogP contribution is 2.52. The molecular formula is C42H25NOS. The number of fused-ring (bicyclic) bond motifs is 12. The summed E-state index contributed by atoms with van der Waals surface area (Å²) in [4.78, 5) is 2.29. The van der Waals surface area contributed by atoms with Crippen LogP contribution in [0.3, 0.4) is 0 Å². The highest BCUT2D eigenvalue weighted by atomic mass is 32.2. The lowest BCUT2D eigenvalue weighted by atomic mass is 9.92. The van der Waals surface area contributed by atoms with E-state index in [1.807, 2.05) is 6.07 Å². The van der Waals surface area contributed by atoms with E-state index in [9.17, 15) is 0 Å². The Morgan fingerprint density at radius 2 is 1.00 bits per heavy atom. The number of nitrogens with zero attached hydrogens (tertiary/aromatic N) is 1. The molecule has 0 spiro atoms. The third-order valence-electron chi connectivity index (χ3n) is 9.22. The van der Waals surface area contributed by atoms with Crippen LogP contribution in [0.4, 0.5) is 0 Å². The molecule has 3 heteroatoms. The lowest BCUT2D eigenvalue weighted by Gasteiger charge is -2.20. The Morgan fingerprint density at radius 3 is 1.76 bits per heavy atom. The molecule has 0 saturated carbocycles. The van der Waals surface area contributed by atoms with Gasteiger partial charge in [0.2, 0.25) is 0 Å². The summed E-state index contributed by atoms with van der Waals surface area (Å²) in [5, 5.41) is 10.1. The molecule has 8 aromatic carbocycles. The zero-order chi connectivity index (χ0) is 29.5. The topological polar surface area (TPSA) is 14.2 Å². The lowest BCUT2D eigenvalue weighted by molar-refractivity contribution is 0.460. The number of aromatic nitrogens is 1. The highest BCUT2D eigenvalue weighted by molar-refractivity contribution is 7.99. The van der Waals surface area contributed by atoms with Crippen molar-refractivity contribution in [2.45, 2.75) is 9.79 Å². The second-order valence-electron chi connectivity index (χ2n) is 11.7. The first-order chi connectivity index (χ1) is 22.3. The van der Waals surface area contributed by atoms with Gasteiger partial charge in [-0.3, -0.25) is 0 Å². The monoisotopic (exact) mass is 591 g/mol. The van der Waals surface area contributed by atoms with Crippen LogP contribution in [0.2, 0.25) is 0 Å². The van der Waals surface area contributed by atoms with E-state index in [0.29, 0.717) is 0 Å². The largest absolute Gasteiger partial charge is 0.454 e. The molecule has 0 N–H and O–H groups in total. The molecule has 0 bridgehead atoms. The van der Waals surface area contributed by atoms with Crippen LogP contribution in [-0.2, 0) is 0 Å². The van der Waals surface area contributed by atoms with Crippen LogP contribution in [0.25, 0.3) is 70.9 Å². The summed E-state index contributed by atoms with van der Waals surface area (Å²) in [5.74, 6) is 1.84. The standard InChI is InChI=1S/C42H25NOS/c1-2-10-28(11-3-1)43-36-21-19-27(25-35(36)41-37(43)22-23-40-42(41)44-38-16-8-9-17-39(38)45-40)26-18-20-33-31-14-5-4-12-29(31)30-13-6-7-15-32(30)34(33)24-26/h1-25H. The molecule has 0 aliphatic carbocycles. The molecule has 0 amide bonds. The minimum atomic E-state index is 0.910. The lowest BCUT2D eigenvalue weighted by Crippen LogP contribution is -1.96. The maximum Gasteiger partial charge on any atom is 0.151 e. The summed E-state index contributed by atoms with van der Waals surface area (Å²) in [6, 6.07) is 54.8. The summed E-state index contributed by atoms with van der Waals surface area (Å²) in [7, 11) is 0. The molecule has 2 nitrogen and oxygen atoms in total. The van der Waals surface area contributed by atoms with Crippen LogP contribution in [0, 0.1) is 0 Å². The van der Waals surface area contributed by atoms with Gasteiger partial charge < -0.3 is 9.30 Å². The number of benzene rings is 8. The van der Waals surface area contributed by atoms with Crippen molar-refractivity contribution in [3.05, 3.63) is 152 Å². The molecular weight excluding hydrogens is 567 g/mol. The quantitative estimate of drug-likeness (QED) is 0.186. The predicted molar refractivity (Wildman–Crippen MR) is 189 cm³/mol. The fourth-order valence-electron chi connectivity index (χ4n) is 7.21. The molecule has 45 heavy (non-hydrogen) atoms. The van der Waals surface area contributed by atoms with Gasteiger partial charge in [-0.1, -0.05) is 109 Å². The van der Waals surface area contributed by atoms with Crippen LogP contribution in [0.5, 0.6) is 11.5 Å². The number of rotatable bonds is 2. The maximum atomic E-state index is 6.71. The predicted octanol–water partition coefficient (Wildman–Crippen LogP) is 12.2. The van der Waals surface area contributed by atoms with E-state index < -0.39 is 0 Å². The molecule has 10 rings (SSSR count). The minimum Gasteiger partial charge on any atom is -0.454 e. The van der Waals surface area contributed by atoms with Gasteiger partial charge >= 0.3 is 0 Å². The van der Waals surface area contributed by atoms with Crippen molar-refractivity contribution in [2.75, 3.05) is 0 Å². The molecule has 0 saturated heterocycles. The Hall–Kier alpha value is -5.51. The fraction of sp³-hybridized carbons (Fsp3) is 0. The van der Waals surface area contributed by atoms with Crippen molar-refractivity contribution in [1.29, 1.82) is 0 Å². The van der Waals surface area contributed by atoms with Gasteiger partial charge in [-0.05, 0) is 98.0 Å². The van der Waals surface area contributed by atoms with Gasteiger partial charge in [0.1, 0.15) is 5.75 Å². The molecule has 1 aromatic heterocycles. The van der Waals surface area contributed by atoms with E-state index in [4.69, 9.17) is 4.74 Å². The van der Waals surface area contributed by atoms with Gasteiger partial charge in [0, 0.05) is 11.1 Å². The zero-order valence-electron chi connectivity index (χ0n) is 24.2. The Kier molecular flexibility index (Phi) is 5.25. The molecule has 0 radical (unpaired) electrons. The molecule has 0 unspecified atom stereocenters. The summed E-state index contributed by atoms with van der Waals surface area (Å²) >= 11 is 1.78. The summed E-state index contributed by atoms with van der Waals surface area (Å²) in [5.41, 5.74) is 5.84. The first-order valence-corrected chi connectivity index (χ1v) is 16.1. The first-order valence-electron chi connectivity index (χ1n) is 15.3. The van der Waals surface area contributed by atoms with E-state index in [2.05, 4.69) is 150 Å². The summed E-state index contributed by atoms with van der Waals surface area (Å²) in [6.45, 7) is 0. The van der Waals surface area contributed by atoms with Gasteiger partial charge in [-0.15, -0.1) is 0 Å². The molecule has 2 heterocycles. The number of hydrogen-bond acceptors (Lipinski definition) is 2. The van der Waals surface area contributed by atoms with Crippen molar-refractivity contribution in [2.24, 2.45) is 0 Å². The van der Waals surface area contributed by atoms with Gasteiger partial charge in [-0.25, -0.2) is 0 Å².